The summed E-state index contributed by atoms with van der Waals surface area (Å²) in [5.41, 5.74) is 1.88. The molecule has 2 N–H and O–H groups in total. The van der Waals surface area contributed by atoms with Crippen LogP contribution >= 0.6 is 0 Å². The summed E-state index contributed by atoms with van der Waals surface area (Å²) in [7, 11) is 1.63. The standard InChI is InChI=1S/C20H23N3O3/c1-15(24)20(21-2)14-22(12-13-23(20)19(25)26)18-11-7-6-10-17(18)16-8-4-3-5-9-16/h3-11,21H,12-14H2,1-2H3,(H,25,26). The molecular weight excluding hydrogens is 330 g/mol. The number of rotatable bonds is 4. The number of amides is 1. The molecule has 1 unspecified atom stereocenters. The van der Waals surface area contributed by atoms with Crippen molar-refractivity contribution in [3.63, 3.8) is 0 Å². The van der Waals surface area contributed by atoms with Gasteiger partial charge in [-0.25, -0.2) is 4.79 Å². The summed E-state index contributed by atoms with van der Waals surface area (Å²) in [4.78, 5) is 27.4. The molecule has 3 rings (SSSR count). The van der Waals surface area contributed by atoms with Gasteiger partial charge in [0.15, 0.2) is 11.4 Å². The van der Waals surface area contributed by atoms with Gasteiger partial charge in [-0.05, 0) is 25.6 Å². The number of hydrogen-bond acceptors (Lipinski definition) is 4. The molecule has 1 aliphatic heterocycles. The Balaban J connectivity index is 2.02. The van der Waals surface area contributed by atoms with E-state index in [4.69, 9.17) is 0 Å². The Labute approximate surface area is 153 Å². The summed E-state index contributed by atoms with van der Waals surface area (Å²) in [6, 6.07) is 18.0. The number of carbonyl (C=O) groups is 2. The molecule has 1 fully saturated rings. The number of nitrogens with one attached hydrogen (secondary N) is 1. The van der Waals surface area contributed by atoms with Gasteiger partial charge in [0.2, 0.25) is 0 Å². The number of para-hydroxylation sites is 1. The predicted molar refractivity (Wildman–Crippen MR) is 101 cm³/mol. The van der Waals surface area contributed by atoms with Gasteiger partial charge in [0.1, 0.15) is 0 Å². The van der Waals surface area contributed by atoms with Crippen molar-refractivity contribution < 1.29 is 14.7 Å². The molecule has 1 heterocycles. The van der Waals surface area contributed by atoms with Crippen LogP contribution in [0.4, 0.5) is 10.5 Å². The lowest BCUT2D eigenvalue weighted by atomic mass is 9.97. The van der Waals surface area contributed by atoms with Crippen molar-refractivity contribution in [1.29, 1.82) is 0 Å². The van der Waals surface area contributed by atoms with Crippen LogP contribution in [0.3, 0.4) is 0 Å². The second-order valence-electron chi connectivity index (χ2n) is 6.41. The molecule has 1 amide bonds. The number of anilines is 1. The van der Waals surface area contributed by atoms with Crippen LogP contribution in [0.1, 0.15) is 6.92 Å². The lowest BCUT2D eigenvalue weighted by Gasteiger charge is -2.48. The van der Waals surface area contributed by atoms with Gasteiger partial charge in [-0.15, -0.1) is 0 Å². The number of piperazine rings is 1. The van der Waals surface area contributed by atoms with Crippen LogP contribution in [0, 0.1) is 0 Å². The Morgan fingerprint density at radius 1 is 1.04 bits per heavy atom. The van der Waals surface area contributed by atoms with E-state index in [1.807, 2.05) is 54.6 Å². The molecule has 6 heteroatoms. The van der Waals surface area contributed by atoms with E-state index >= 15 is 0 Å². The van der Waals surface area contributed by atoms with E-state index in [2.05, 4.69) is 10.2 Å². The van der Waals surface area contributed by atoms with Crippen molar-refractivity contribution in [2.45, 2.75) is 12.6 Å². The maximum atomic E-state index is 12.4. The molecule has 0 aliphatic carbocycles. The number of ketones is 1. The van der Waals surface area contributed by atoms with Crippen molar-refractivity contribution >= 4 is 17.6 Å². The van der Waals surface area contributed by atoms with Crippen molar-refractivity contribution in [3.8, 4) is 11.1 Å². The fourth-order valence-corrected chi connectivity index (χ4v) is 3.62. The maximum absolute atomic E-state index is 12.4. The summed E-state index contributed by atoms with van der Waals surface area (Å²) in [5, 5.41) is 12.5. The molecule has 6 nitrogen and oxygen atoms in total. The molecule has 0 radical (unpaired) electrons. The normalized spacial score (nSPS) is 20.1. The zero-order chi connectivity index (χ0) is 18.7. The minimum atomic E-state index is -1.26. The Kier molecular flexibility index (Phi) is 4.95. The lowest BCUT2D eigenvalue weighted by molar-refractivity contribution is -0.130. The number of hydrogen-bond donors (Lipinski definition) is 2. The zero-order valence-electron chi connectivity index (χ0n) is 15.0. The first-order valence-electron chi connectivity index (χ1n) is 8.59. The van der Waals surface area contributed by atoms with Gasteiger partial charge in [0, 0.05) is 24.3 Å². The third-order valence-electron chi connectivity index (χ3n) is 5.03. The smallest absolute Gasteiger partial charge is 0.409 e. The number of nitrogens with zero attached hydrogens (tertiary/aromatic N) is 2. The number of carbonyl (C=O) groups excluding carboxylic acids is 1. The van der Waals surface area contributed by atoms with Crippen LogP contribution in [0.25, 0.3) is 11.1 Å². The van der Waals surface area contributed by atoms with Crippen LogP contribution in [0.2, 0.25) is 0 Å². The van der Waals surface area contributed by atoms with Crippen LogP contribution in [0.5, 0.6) is 0 Å². The molecule has 0 spiro atoms. The minimum absolute atomic E-state index is 0.218. The van der Waals surface area contributed by atoms with Crippen molar-refractivity contribution in [2.75, 3.05) is 31.6 Å². The predicted octanol–water partition coefficient (Wildman–Crippen LogP) is 2.66. The first-order valence-corrected chi connectivity index (χ1v) is 8.59. The zero-order valence-corrected chi connectivity index (χ0v) is 15.0. The molecular formula is C20H23N3O3. The van der Waals surface area contributed by atoms with Gasteiger partial charge in [0.25, 0.3) is 0 Å². The molecule has 26 heavy (non-hydrogen) atoms. The summed E-state index contributed by atoms with van der Waals surface area (Å²) in [6.07, 6.45) is -1.09. The highest BCUT2D eigenvalue weighted by molar-refractivity contribution is 5.91. The molecule has 1 atom stereocenters. The summed E-state index contributed by atoms with van der Waals surface area (Å²) in [5.74, 6) is -0.218. The first-order chi connectivity index (χ1) is 12.5. The Morgan fingerprint density at radius 3 is 2.31 bits per heavy atom. The van der Waals surface area contributed by atoms with E-state index in [-0.39, 0.29) is 18.9 Å². The minimum Gasteiger partial charge on any atom is -0.465 e. The van der Waals surface area contributed by atoms with Gasteiger partial charge < -0.3 is 10.0 Å². The Hall–Kier alpha value is -2.86. The maximum Gasteiger partial charge on any atom is 0.409 e. The molecule has 136 valence electrons. The van der Waals surface area contributed by atoms with Crippen molar-refractivity contribution in [2.24, 2.45) is 0 Å². The fourth-order valence-electron chi connectivity index (χ4n) is 3.62. The number of Topliss-reactive ketones (excluding diaryl/α,β-unsaturated/α-hetero) is 1. The van der Waals surface area contributed by atoms with Crippen LogP contribution in [0.15, 0.2) is 54.6 Å². The monoisotopic (exact) mass is 353 g/mol. The van der Waals surface area contributed by atoms with E-state index in [1.54, 1.807) is 7.05 Å². The average Bonchev–Trinajstić information content (AvgIpc) is 2.67. The van der Waals surface area contributed by atoms with Crippen LogP contribution < -0.4 is 10.2 Å². The highest BCUT2D eigenvalue weighted by atomic mass is 16.4. The third kappa shape index (κ3) is 3.04. The van der Waals surface area contributed by atoms with E-state index in [0.717, 1.165) is 16.8 Å². The Bertz CT molecular complexity index is 809. The topological polar surface area (TPSA) is 72.9 Å². The summed E-state index contributed by atoms with van der Waals surface area (Å²) < 4.78 is 0. The lowest BCUT2D eigenvalue weighted by Crippen LogP contribution is -2.73. The van der Waals surface area contributed by atoms with E-state index in [9.17, 15) is 14.7 Å². The molecule has 0 saturated carbocycles. The van der Waals surface area contributed by atoms with Gasteiger partial charge in [-0.1, -0.05) is 48.5 Å². The molecule has 0 aromatic heterocycles. The number of likely N-dealkylation sites (N-methyl/N-ethyl adjacent to an activating group) is 1. The highest BCUT2D eigenvalue weighted by Gasteiger charge is 2.47. The van der Waals surface area contributed by atoms with Crippen LogP contribution in [-0.2, 0) is 4.79 Å². The molecule has 2 aromatic rings. The van der Waals surface area contributed by atoms with E-state index in [1.165, 1.54) is 11.8 Å². The van der Waals surface area contributed by atoms with Gasteiger partial charge in [0.05, 0.1) is 6.54 Å². The Morgan fingerprint density at radius 2 is 1.69 bits per heavy atom. The molecule has 2 aromatic carbocycles. The van der Waals surface area contributed by atoms with Gasteiger partial charge in [-0.2, -0.15) is 0 Å². The van der Waals surface area contributed by atoms with Crippen LogP contribution in [-0.4, -0.2) is 54.2 Å². The number of carboxylic acid groups (broad SMARTS) is 1. The van der Waals surface area contributed by atoms with Crippen molar-refractivity contribution in [1.82, 2.24) is 10.2 Å². The second-order valence-corrected chi connectivity index (χ2v) is 6.41. The van der Waals surface area contributed by atoms with Gasteiger partial charge in [-0.3, -0.25) is 15.0 Å². The molecule has 1 saturated heterocycles. The molecule has 0 bridgehead atoms. The van der Waals surface area contributed by atoms with E-state index in [0.29, 0.717) is 6.54 Å². The third-order valence-corrected chi connectivity index (χ3v) is 5.03. The van der Waals surface area contributed by atoms with Crippen molar-refractivity contribution in [3.05, 3.63) is 54.6 Å². The summed E-state index contributed by atoms with van der Waals surface area (Å²) in [6.45, 7) is 2.46. The second kappa shape index (κ2) is 7.17. The first kappa shape index (κ1) is 17.9. The van der Waals surface area contributed by atoms with Gasteiger partial charge >= 0.3 is 6.09 Å². The van der Waals surface area contributed by atoms with E-state index < -0.39 is 11.8 Å². The SMILES string of the molecule is CNC1(C(C)=O)CN(c2ccccc2-c2ccccc2)CCN1C(=O)O. The largest absolute Gasteiger partial charge is 0.465 e. The highest BCUT2D eigenvalue weighted by Crippen LogP contribution is 2.33. The molecule has 1 aliphatic rings. The fraction of sp³-hybridized carbons (Fsp3) is 0.300. The quantitative estimate of drug-likeness (QED) is 0.884. The average molecular weight is 353 g/mol. The summed E-state index contributed by atoms with van der Waals surface area (Å²) >= 11 is 0. The number of benzene rings is 2.